The number of ether oxygens (including phenoxy) is 1. The van der Waals surface area contributed by atoms with Gasteiger partial charge in [0.05, 0.1) is 17.7 Å². The van der Waals surface area contributed by atoms with Gasteiger partial charge in [0.15, 0.2) is 11.2 Å². The minimum absolute atomic E-state index is 0.197. The first kappa shape index (κ1) is 23.5. The van der Waals surface area contributed by atoms with Gasteiger partial charge in [-0.2, -0.15) is 0 Å². The van der Waals surface area contributed by atoms with Gasteiger partial charge in [0.1, 0.15) is 11.9 Å². The standard InChI is InChI=1S/C25H30N2O5/c1-5-15-26-23(29)19-14-10-13-18-20(19)32-22(17-11-8-7-9-12-17)25(3,21(18)28)24(30)27(4)31-16-6-2/h7-14,22H,5-6,15-16H2,1-4H3,(H,26,29). The smallest absolute Gasteiger partial charge is 0.263 e. The highest BCUT2D eigenvalue weighted by Crippen LogP contribution is 2.48. The second kappa shape index (κ2) is 9.96. The van der Waals surface area contributed by atoms with Crippen LogP contribution in [-0.4, -0.2) is 42.9 Å². The summed E-state index contributed by atoms with van der Waals surface area (Å²) in [4.78, 5) is 45.6. The number of fused-ring (bicyclic) bond motifs is 1. The Kier molecular flexibility index (Phi) is 7.30. The van der Waals surface area contributed by atoms with Crippen molar-refractivity contribution in [1.82, 2.24) is 10.4 Å². The van der Waals surface area contributed by atoms with Crippen LogP contribution in [0.4, 0.5) is 0 Å². The van der Waals surface area contributed by atoms with Crippen molar-refractivity contribution in [3.63, 3.8) is 0 Å². The Bertz CT molecular complexity index is 991. The van der Waals surface area contributed by atoms with E-state index in [0.29, 0.717) is 18.7 Å². The molecule has 0 radical (unpaired) electrons. The molecule has 1 N–H and O–H groups in total. The van der Waals surface area contributed by atoms with E-state index in [1.54, 1.807) is 37.3 Å². The van der Waals surface area contributed by atoms with Crippen molar-refractivity contribution >= 4 is 17.6 Å². The normalized spacial score (nSPS) is 19.6. The third-order valence-corrected chi connectivity index (χ3v) is 5.59. The number of benzene rings is 2. The highest BCUT2D eigenvalue weighted by atomic mass is 16.7. The molecular weight excluding hydrogens is 408 g/mol. The molecule has 3 rings (SSSR count). The largest absolute Gasteiger partial charge is 0.483 e. The zero-order valence-corrected chi connectivity index (χ0v) is 19.0. The number of hydroxylamine groups is 2. The van der Waals surface area contributed by atoms with E-state index in [0.717, 1.165) is 17.9 Å². The van der Waals surface area contributed by atoms with Gasteiger partial charge < -0.3 is 10.1 Å². The lowest BCUT2D eigenvalue weighted by Crippen LogP contribution is -2.52. The van der Waals surface area contributed by atoms with Gasteiger partial charge >= 0.3 is 0 Å². The molecule has 0 saturated heterocycles. The first-order valence-electron chi connectivity index (χ1n) is 10.9. The molecule has 2 amide bonds. The van der Waals surface area contributed by atoms with Crippen LogP contribution in [0, 0.1) is 5.41 Å². The van der Waals surface area contributed by atoms with Crippen LogP contribution in [0.3, 0.4) is 0 Å². The predicted molar refractivity (Wildman–Crippen MR) is 120 cm³/mol. The number of para-hydroxylation sites is 1. The fourth-order valence-electron chi connectivity index (χ4n) is 3.84. The summed E-state index contributed by atoms with van der Waals surface area (Å²) < 4.78 is 6.33. The van der Waals surface area contributed by atoms with Crippen molar-refractivity contribution in [2.75, 3.05) is 20.2 Å². The molecule has 2 unspecified atom stereocenters. The van der Waals surface area contributed by atoms with Gasteiger partial charge in [0.2, 0.25) is 0 Å². The number of hydrogen-bond acceptors (Lipinski definition) is 5. The van der Waals surface area contributed by atoms with E-state index < -0.39 is 23.2 Å². The van der Waals surface area contributed by atoms with Gasteiger partial charge in [-0.05, 0) is 37.5 Å². The fraction of sp³-hybridized carbons (Fsp3) is 0.400. The number of carbonyl (C=O) groups is 3. The highest BCUT2D eigenvalue weighted by molar-refractivity contribution is 6.17. The Morgan fingerprint density at radius 2 is 1.81 bits per heavy atom. The lowest BCUT2D eigenvalue weighted by Gasteiger charge is -2.41. The molecule has 0 aromatic heterocycles. The van der Waals surface area contributed by atoms with Crippen LogP contribution in [0.25, 0.3) is 0 Å². The van der Waals surface area contributed by atoms with E-state index in [1.807, 2.05) is 32.0 Å². The molecule has 170 valence electrons. The first-order valence-corrected chi connectivity index (χ1v) is 10.9. The van der Waals surface area contributed by atoms with Gasteiger partial charge in [-0.25, -0.2) is 5.06 Å². The van der Waals surface area contributed by atoms with Gasteiger partial charge in [-0.1, -0.05) is 50.2 Å². The molecule has 1 aliphatic rings. The average molecular weight is 439 g/mol. The van der Waals surface area contributed by atoms with E-state index >= 15 is 0 Å². The zero-order chi connectivity index (χ0) is 23.3. The van der Waals surface area contributed by atoms with Gasteiger partial charge in [0, 0.05) is 13.6 Å². The molecule has 7 heteroatoms. The highest BCUT2D eigenvalue weighted by Gasteiger charge is 2.56. The third kappa shape index (κ3) is 4.25. The number of rotatable bonds is 8. The van der Waals surface area contributed by atoms with Crippen LogP contribution < -0.4 is 10.1 Å². The van der Waals surface area contributed by atoms with E-state index in [9.17, 15) is 14.4 Å². The number of hydrogen-bond donors (Lipinski definition) is 1. The minimum atomic E-state index is -1.57. The SMILES string of the molecule is CCCNC(=O)c1cccc2c1OC(c1ccccc1)C(C)(C(=O)N(C)OCCC)C2=O. The van der Waals surface area contributed by atoms with Crippen molar-refractivity contribution in [3.8, 4) is 5.75 Å². The van der Waals surface area contributed by atoms with Crippen molar-refractivity contribution in [2.45, 2.75) is 39.7 Å². The molecule has 2 atom stereocenters. The summed E-state index contributed by atoms with van der Waals surface area (Å²) in [5.74, 6) is -1.03. The molecule has 0 spiro atoms. The second-order valence-corrected chi connectivity index (χ2v) is 8.01. The summed E-state index contributed by atoms with van der Waals surface area (Å²) >= 11 is 0. The zero-order valence-electron chi connectivity index (χ0n) is 19.0. The molecule has 2 aromatic carbocycles. The lowest BCUT2D eigenvalue weighted by atomic mass is 9.71. The number of amides is 2. The Morgan fingerprint density at radius 3 is 2.47 bits per heavy atom. The topological polar surface area (TPSA) is 84.9 Å². The summed E-state index contributed by atoms with van der Waals surface area (Å²) in [7, 11) is 1.50. The van der Waals surface area contributed by atoms with Gasteiger partial charge in [-0.15, -0.1) is 0 Å². The van der Waals surface area contributed by atoms with Gasteiger partial charge in [0.25, 0.3) is 11.8 Å². The fourth-order valence-corrected chi connectivity index (χ4v) is 3.84. The number of nitrogens with one attached hydrogen (secondary N) is 1. The Hall–Kier alpha value is -3.19. The number of carbonyl (C=O) groups excluding carboxylic acids is 3. The lowest BCUT2D eigenvalue weighted by molar-refractivity contribution is -0.190. The Morgan fingerprint density at radius 1 is 1.09 bits per heavy atom. The molecule has 2 aromatic rings. The average Bonchev–Trinajstić information content (AvgIpc) is 2.82. The second-order valence-electron chi connectivity index (χ2n) is 8.01. The van der Waals surface area contributed by atoms with Crippen LogP contribution in [0.15, 0.2) is 48.5 Å². The summed E-state index contributed by atoms with van der Waals surface area (Å²) in [6.45, 7) is 6.33. The Balaban J connectivity index is 2.12. The molecule has 32 heavy (non-hydrogen) atoms. The summed E-state index contributed by atoms with van der Waals surface area (Å²) in [6.07, 6.45) is 0.577. The predicted octanol–water partition coefficient (Wildman–Crippen LogP) is 3.95. The van der Waals surface area contributed by atoms with Crippen LogP contribution >= 0.6 is 0 Å². The summed E-state index contributed by atoms with van der Waals surface area (Å²) in [6, 6.07) is 13.9. The molecule has 0 fully saturated rings. The quantitative estimate of drug-likeness (QED) is 0.498. The maximum atomic E-state index is 13.8. The molecule has 1 aliphatic heterocycles. The molecule has 0 saturated carbocycles. The van der Waals surface area contributed by atoms with Crippen molar-refractivity contribution in [3.05, 3.63) is 65.2 Å². The van der Waals surface area contributed by atoms with Crippen molar-refractivity contribution in [2.24, 2.45) is 5.41 Å². The first-order chi connectivity index (χ1) is 15.4. The van der Waals surface area contributed by atoms with Crippen LogP contribution in [0.1, 0.15) is 66.0 Å². The third-order valence-electron chi connectivity index (χ3n) is 5.59. The molecule has 0 aliphatic carbocycles. The Labute approximate surface area is 188 Å². The molecular formula is C25H30N2O5. The van der Waals surface area contributed by atoms with Crippen LogP contribution in [0.5, 0.6) is 5.75 Å². The minimum Gasteiger partial charge on any atom is -0.483 e. The summed E-state index contributed by atoms with van der Waals surface area (Å²) in [5, 5.41) is 3.94. The molecule has 1 heterocycles. The summed E-state index contributed by atoms with van der Waals surface area (Å²) in [5.41, 5.74) is -0.429. The van der Waals surface area contributed by atoms with E-state index in [2.05, 4.69) is 5.32 Å². The maximum absolute atomic E-state index is 13.8. The van der Waals surface area contributed by atoms with Crippen LogP contribution in [0.2, 0.25) is 0 Å². The van der Waals surface area contributed by atoms with Crippen molar-refractivity contribution < 1.29 is 24.0 Å². The number of nitrogens with zero attached hydrogens (tertiary/aromatic N) is 1. The molecule has 0 bridgehead atoms. The monoisotopic (exact) mass is 438 g/mol. The van der Waals surface area contributed by atoms with E-state index in [-0.39, 0.29) is 22.8 Å². The number of Topliss-reactive ketones (excluding diaryl/α,β-unsaturated/α-hetero) is 1. The number of ketones is 1. The van der Waals surface area contributed by atoms with E-state index in [4.69, 9.17) is 9.57 Å². The van der Waals surface area contributed by atoms with E-state index in [1.165, 1.54) is 7.05 Å². The molecule has 7 nitrogen and oxygen atoms in total. The maximum Gasteiger partial charge on any atom is 0.263 e. The van der Waals surface area contributed by atoms with Gasteiger partial charge in [-0.3, -0.25) is 19.2 Å². The van der Waals surface area contributed by atoms with Crippen molar-refractivity contribution in [1.29, 1.82) is 0 Å². The van der Waals surface area contributed by atoms with Crippen LogP contribution in [-0.2, 0) is 9.63 Å².